The first-order chi connectivity index (χ1) is 15.9. The van der Waals surface area contributed by atoms with Crippen molar-refractivity contribution in [3.8, 4) is 18.5 Å². The van der Waals surface area contributed by atoms with Gasteiger partial charge in [0.05, 0.1) is 22.5 Å². The molecule has 1 aliphatic carbocycles. The van der Waals surface area contributed by atoms with Gasteiger partial charge in [0.2, 0.25) is 0 Å². The number of carbonyl (C=O) groups is 2. The Bertz CT molecular complexity index is 1060. The lowest BCUT2D eigenvalue weighted by Crippen LogP contribution is -2.29. The number of fused-ring (bicyclic) bond motifs is 1. The minimum absolute atomic E-state index is 0.0114. The summed E-state index contributed by atoms with van der Waals surface area (Å²) in [5.74, 6) is -1.33. The molecule has 7 nitrogen and oxygen atoms in total. The van der Waals surface area contributed by atoms with Crippen molar-refractivity contribution >= 4 is 17.4 Å². The first-order valence-electron chi connectivity index (χ1n) is 10.9. The third-order valence-corrected chi connectivity index (χ3v) is 5.57. The molecule has 2 aromatic rings. The van der Waals surface area contributed by atoms with Crippen LogP contribution in [0.1, 0.15) is 71.6 Å². The van der Waals surface area contributed by atoms with Gasteiger partial charge in [-0.3, -0.25) is 9.59 Å². The van der Waals surface area contributed by atoms with Crippen molar-refractivity contribution in [1.82, 2.24) is 15.1 Å². The highest BCUT2D eigenvalue weighted by molar-refractivity contribution is 6.00. The topological polar surface area (TPSA) is 116 Å². The molecule has 0 spiro atoms. The summed E-state index contributed by atoms with van der Waals surface area (Å²) in [5.41, 5.74) is 9.37. The van der Waals surface area contributed by atoms with E-state index in [4.69, 9.17) is 11.5 Å². The van der Waals surface area contributed by atoms with Crippen LogP contribution >= 0.6 is 0 Å². The third-order valence-electron chi connectivity index (χ3n) is 5.57. The fourth-order valence-electron chi connectivity index (χ4n) is 4.07. The maximum Gasteiger partial charge on any atom is 0.435 e. The lowest BCUT2D eigenvalue weighted by atomic mass is 9.75. The number of nitrogens with zero attached hydrogens (tertiary/aromatic N) is 2. The SMILES string of the molecule is C#C.C1CCNCC1.CC1(C)CC(=O)c2c(C(F)(F)F)nn(-c3ccc(C(N)=O)c(N)c3)c2C1. The minimum Gasteiger partial charge on any atom is -0.398 e. The van der Waals surface area contributed by atoms with Crippen LogP contribution < -0.4 is 16.8 Å². The van der Waals surface area contributed by atoms with Crippen LogP contribution in [0.5, 0.6) is 0 Å². The quantitative estimate of drug-likeness (QED) is 0.450. The van der Waals surface area contributed by atoms with Crippen molar-refractivity contribution in [2.45, 2.75) is 52.1 Å². The van der Waals surface area contributed by atoms with Crippen LogP contribution in [0.25, 0.3) is 5.69 Å². The number of piperidine rings is 1. The molecule has 1 fully saturated rings. The number of nitrogens with one attached hydrogen (secondary N) is 1. The van der Waals surface area contributed by atoms with Gasteiger partial charge in [-0.2, -0.15) is 18.3 Å². The lowest BCUT2D eigenvalue weighted by Gasteiger charge is -2.29. The standard InChI is InChI=1S/C17H17F3N4O2.C5H11N.C2H2/c1-16(2)6-11-13(12(25)7-16)14(17(18,19)20)23-24(11)8-3-4-9(15(22)26)10(21)5-8;1-2-4-6-5-3-1;1-2/h3-5H,6-7,21H2,1-2H3,(H2,22,26);6H,1-5H2;1-2H. The van der Waals surface area contributed by atoms with E-state index in [9.17, 15) is 22.8 Å². The number of nitrogen functional groups attached to an aromatic ring is 1. The van der Waals surface area contributed by atoms with Crippen molar-refractivity contribution in [2.75, 3.05) is 18.8 Å². The number of terminal acetylenes is 1. The third kappa shape index (κ3) is 6.17. The monoisotopic (exact) mass is 477 g/mol. The van der Waals surface area contributed by atoms with Crippen LogP contribution in [0.15, 0.2) is 18.2 Å². The average Bonchev–Trinajstić information content (AvgIpc) is 3.15. The Kier molecular flexibility index (Phi) is 8.51. The number of benzene rings is 1. The van der Waals surface area contributed by atoms with E-state index in [2.05, 4.69) is 23.3 Å². The molecular weight excluding hydrogens is 447 g/mol. The molecule has 5 N–H and O–H groups in total. The van der Waals surface area contributed by atoms with E-state index >= 15 is 0 Å². The summed E-state index contributed by atoms with van der Waals surface area (Å²) >= 11 is 0. The predicted octanol–water partition coefficient (Wildman–Crippen LogP) is 3.74. The van der Waals surface area contributed by atoms with Crippen LogP contribution in [0.2, 0.25) is 0 Å². The van der Waals surface area contributed by atoms with Crippen LogP contribution in [0, 0.1) is 18.3 Å². The van der Waals surface area contributed by atoms with E-state index in [0.29, 0.717) is 0 Å². The van der Waals surface area contributed by atoms with Gasteiger partial charge in [-0.15, -0.1) is 12.8 Å². The van der Waals surface area contributed by atoms with E-state index in [1.807, 2.05) is 13.8 Å². The van der Waals surface area contributed by atoms with E-state index in [1.165, 1.54) is 50.6 Å². The summed E-state index contributed by atoms with van der Waals surface area (Å²) < 4.78 is 41.3. The zero-order valence-corrected chi connectivity index (χ0v) is 19.3. The number of ketones is 1. The van der Waals surface area contributed by atoms with Crippen molar-refractivity contribution in [1.29, 1.82) is 0 Å². The Morgan fingerprint density at radius 3 is 2.21 bits per heavy atom. The minimum atomic E-state index is -4.76. The second-order valence-corrected chi connectivity index (χ2v) is 8.97. The molecule has 10 heteroatoms. The number of halogens is 3. The van der Waals surface area contributed by atoms with Crippen LogP contribution in [-0.4, -0.2) is 34.6 Å². The zero-order chi connectivity index (χ0) is 25.7. The Morgan fingerprint density at radius 1 is 1.15 bits per heavy atom. The van der Waals surface area contributed by atoms with E-state index in [1.54, 1.807) is 0 Å². The van der Waals surface area contributed by atoms with Gasteiger partial charge >= 0.3 is 6.18 Å². The zero-order valence-electron chi connectivity index (χ0n) is 19.3. The highest BCUT2D eigenvalue weighted by atomic mass is 19.4. The molecule has 184 valence electrons. The predicted molar refractivity (Wildman–Crippen MR) is 125 cm³/mol. The molecule has 1 aliphatic heterocycles. The number of hydrogen-bond acceptors (Lipinski definition) is 5. The van der Waals surface area contributed by atoms with Gasteiger partial charge in [0.25, 0.3) is 5.91 Å². The van der Waals surface area contributed by atoms with Crippen molar-refractivity contribution in [2.24, 2.45) is 11.1 Å². The van der Waals surface area contributed by atoms with Gasteiger partial charge in [0.15, 0.2) is 11.5 Å². The molecule has 1 amide bonds. The Balaban J connectivity index is 0.000000437. The molecular formula is C24H30F3N5O2. The molecule has 1 saturated heterocycles. The number of hydrogen-bond donors (Lipinski definition) is 3. The molecule has 1 aromatic carbocycles. The lowest BCUT2D eigenvalue weighted by molar-refractivity contribution is -0.141. The van der Waals surface area contributed by atoms with Crippen molar-refractivity contribution < 1.29 is 22.8 Å². The van der Waals surface area contributed by atoms with Gasteiger partial charge in [-0.1, -0.05) is 20.3 Å². The summed E-state index contributed by atoms with van der Waals surface area (Å²) in [7, 11) is 0. The number of rotatable bonds is 2. The van der Waals surface area contributed by atoms with Gasteiger partial charge < -0.3 is 16.8 Å². The maximum absolute atomic E-state index is 13.4. The molecule has 2 heterocycles. The second-order valence-electron chi connectivity index (χ2n) is 8.97. The van der Waals surface area contributed by atoms with Crippen LogP contribution in [-0.2, 0) is 12.6 Å². The first kappa shape index (κ1) is 26.9. The fourth-order valence-corrected chi connectivity index (χ4v) is 4.07. The largest absolute Gasteiger partial charge is 0.435 e. The van der Waals surface area contributed by atoms with E-state index < -0.39 is 34.5 Å². The number of nitrogens with two attached hydrogens (primary N) is 2. The number of carbonyl (C=O) groups excluding carboxylic acids is 2. The summed E-state index contributed by atoms with van der Waals surface area (Å²) in [5, 5.41) is 6.95. The normalized spacial score (nSPS) is 16.9. The maximum atomic E-state index is 13.4. The number of amides is 1. The van der Waals surface area contributed by atoms with Gasteiger partial charge in [-0.05, 0) is 56.0 Å². The molecule has 34 heavy (non-hydrogen) atoms. The number of alkyl halides is 3. The summed E-state index contributed by atoms with van der Waals surface area (Å²) in [6.07, 6.45) is 7.71. The molecule has 4 rings (SSSR count). The number of primary amides is 1. The average molecular weight is 478 g/mol. The first-order valence-corrected chi connectivity index (χ1v) is 10.9. The molecule has 0 atom stereocenters. The van der Waals surface area contributed by atoms with Crippen molar-refractivity contribution in [3.63, 3.8) is 0 Å². The highest BCUT2D eigenvalue weighted by Gasteiger charge is 2.45. The van der Waals surface area contributed by atoms with E-state index in [0.717, 1.165) is 4.68 Å². The molecule has 0 radical (unpaired) electrons. The molecule has 0 unspecified atom stereocenters. The van der Waals surface area contributed by atoms with E-state index in [-0.39, 0.29) is 35.5 Å². The fraction of sp³-hybridized carbons (Fsp3) is 0.458. The molecule has 1 aromatic heterocycles. The number of Topliss-reactive ketones (excluding diaryl/α,β-unsaturated/α-hetero) is 1. The van der Waals surface area contributed by atoms with Crippen molar-refractivity contribution in [3.05, 3.63) is 40.7 Å². The number of aromatic nitrogens is 2. The highest BCUT2D eigenvalue weighted by Crippen LogP contribution is 2.41. The smallest absolute Gasteiger partial charge is 0.398 e. The summed E-state index contributed by atoms with van der Waals surface area (Å²) in [4.78, 5) is 23.7. The van der Waals surface area contributed by atoms with Gasteiger partial charge in [-0.25, -0.2) is 4.68 Å². The Labute approximate surface area is 197 Å². The Hall–Kier alpha value is -3.32. The Morgan fingerprint density at radius 2 is 1.76 bits per heavy atom. The van der Waals surface area contributed by atoms with Crippen LogP contribution in [0.4, 0.5) is 18.9 Å². The van der Waals surface area contributed by atoms with Gasteiger partial charge in [0, 0.05) is 12.1 Å². The van der Waals surface area contributed by atoms with Gasteiger partial charge in [0.1, 0.15) is 0 Å². The molecule has 2 aliphatic rings. The molecule has 0 bridgehead atoms. The summed E-state index contributed by atoms with van der Waals surface area (Å²) in [6, 6.07) is 4.04. The summed E-state index contributed by atoms with van der Waals surface area (Å²) in [6.45, 7) is 6.12. The van der Waals surface area contributed by atoms with Crippen LogP contribution in [0.3, 0.4) is 0 Å². The second kappa shape index (κ2) is 10.7. The molecule has 0 saturated carbocycles. The number of anilines is 1.